The fourth-order valence-corrected chi connectivity index (χ4v) is 3.45. The smallest absolute Gasteiger partial charge is 0.374 e. The van der Waals surface area contributed by atoms with Crippen molar-refractivity contribution >= 4 is 13.6 Å². The minimum Gasteiger partial charge on any atom is -0.374 e. The Hall–Kier alpha value is -0.260. The van der Waals surface area contributed by atoms with Gasteiger partial charge in [0.25, 0.3) is 0 Å². The summed E-state index contributed by atoms with van der Waals surface area (Å²) in [5, 5.41) is 0. The molecule has 0 amide bonds. The summed E-state index contributed by atoms with van der Waals surface area (Å²) in [5.41, 5.74) is 0. The van der Waals surface area contributed by atoms with Crippen molar-refractivity contribution in [2.45, 2.75) is 110 Å². The van der Waals surface area contributed by atoms with Crippen LogP contribution >= 0.6 is 7.82 Å². The van der Waals surface area contributed by atoms with Gasteiger partial charge in [0.1, 0.15) is 13.2 Å². The lowest BCUT2D eigenvalue weighted by Crippen LogP contribution is -2.15. The Balaban J connectivity index is 3.14. The molecule has 28 heavy (non-hydrogen) atoms. The Bertz CT molecular complexity index is 396. The normalized spacial score (nSPS) is 11.8. The molecule has 0 spiro atoms. The lowest BCUT2D eigenvalue weighted by molar-refractivity contribution is -0.126. The van der Waals surface area contributed by atoms with Gasteiger partial charge in [-0.05, 0) is 6.42 Å². The second-order valence-electron chi connectivity index (χ2n) is 7.66. The monoisotopic (exact) mass is 424 g/mol. The molecule has 0 aromatic heterocycles. The van der Waals surface area contributed by atoms with Crippen LogP contribution in [0.4, 0.5) is 0 Å². The van der Waals surface area contributed by atoms with Crippen LogP contribution in [0.25, 0.3) is 0 Å². The summed E-state index contributed by atoms with van der Waals surface area (Å²) in [6.45, 7) is 2.00. The van der Waals surface area contributed by atoms with Crippen LogP contribution in [-0.4, -0.2) is 35.4 Å². The number of ketones is 1. The molecule has 168 valence electrons. The van der Waals surface area contributed by atoms with Crippen LogP contribution in [-0.2, 0) is 18.6 Å². The minimum absolute atomic E-state index is 0.154. The summed E-state index contributed by atoms with van der Waals surface area (Å²) in [6.07, 6.45) is 21.0. The van der Waals surface area contributed by atoms with Crippen LogP contribution in [0.5, 0.6) is 0 Å². The fourth-order valence-electron chi connectivity index (χ4n) is 3.14. The molecule has 0 bridgehead atoms. The van der Waals surface area contributed by atoms with E-state index in [0.29, 0.717) is 6.61 Å². The molecule has 0 aliphatic heterocycles. The largest absolute Gasteiger partial charge is 0.470 e. The highest BCUT2D eigenvalue weighted by Crippen LogP contribution is 2.35. The van der Waals surface area contributed by atoms with Crippen LogP contribution in [0.15, 0.2) is 0 Å². The van der Waals surface area contributed by atoms with Crippen molar-refractivity contribution in [1.29, 1.82) is 0 Å². The average Bonchev–Trinajstić information content (AvgIpc) is 2.65. The Morgan fingerprint density at radius 3 is 1.61 bits per heavy atom. The maximum atomic E-state index is 11.3. The molecular formula is C21H43O6P. The van der Waals surface area contributed by atoms with Gasteiger partial charge in [0.2, 0.25) is 0 Å². The third-order valence-corrected chi connectivity index (χ3v) is 5.26. The van der Waals surface area contributed by atoms with Gasteiger partial charge in [-0.3, -0.25) is 9.32 Å². The summed E-state index contributed by atoms with van der Waals surface area (Å²) in [7, 11) is -4.57. The predicted octanol–water partition coefficient (Wildman–Crippen LogP) is 5.94. The van der Waals surface area contributed by atoms with Crippen molar-refractivity contribution in [3.8, 4) is 0 Å². The number of ether oxygens (including phenoxy) is 1. The summed E-state index contributed by atoms with van der Waals surface area (Å²) < 4.78 is 19.8. The molecule has 0 atom stereocenters. The van der Waals surface area contributed by atoms with Gasteiger partial charge in [-0.1, -0.05) is 103 Å². The maximum absolute atomic E-state index is 11.3. The summed E-state index contributed by atoms with van der Waals surface area (Å²) in [6, 6.07) is 0. The van der Waals surface area contributed by atoms with Crippen LogP contribution in [0.1, 0.15) is 110 Å². The highest BCUT2D eigenvalue weighted by molar-refractivity contribution is 7.46. The second-order valence-corrected chi connectivity index (χ2v) is 8.90. The molecule has 0 aromatic rings. The summed E-state index contributed by atoms with van der Waals surface area (Å²) in [5.74, 6) is -0.459. The van der Waals surface area contributed by atoms with E-state index in [1.807, 2.05) is 0 Å². The number of carbonyl (C=O) groups excluding carboxylic acids is 1. The average molecular weight is 425 g/mol. The Labute approximate surface area is 172 Å². The molecule has 0 aliphatic rings. The van der Waals surface area contributed by atoms with E-state index >= 15 is 0 Å². The first-order valence-electron chi connectivity index (χ1n) is 11.2. The first-order valence-corrected chi connectivity index (χ1v) is 12.8. The van der Waals surface area contributed by atoms with Gasteiger partial charge in [0, 0.05) is 6.61 Å². The van der Waals surface area contributed by atoms with E-state index in [1.54, 1.807) is 0 Å². The number of hydrogen-bond acceptors (Lipinski definition) is 4. The van der Waals surface area contributed by atoms with Crippen molar-refractivity contribution in [1.82, 2.24) is 0 Å². The van der Waals surface area contributed by atoms with Crippen molar-refractivity contribution in [3.63, 3.8) is 0 Å². The third-order valence-electron chi connectivity index (χ3n) is 4.80. The van der Waals surface area contributed by atoms with E-state index in [-0.39, 0.29) is 6.61 Å². The summed E-state index contributed by atoms with van der Waals surface area (Å²) >= 11 is 0. The van der Waals surface area contributed by atoms with E-state index < -0.39 is 20.2 Å². The molecule has 0 unspecified atom stereocenters. The zero-order valence-corrected chi connectivity index (χ0v) is 18.8. The lowest BCUT2D eigenvalue weighted by Gasteiger charge is -2.06. The molecule has 0 saturated carbocycles. The number of carbonyl (C=O) groups is 1. The van der Waals surface area contributed by atoms with Crippen molar-refractivity contribution in [2.24, 2.45) is 0 Å². The van der Waals surface area contributed by atoms with E-state index in [4.69, 9.17) is 14.5 Å². The van der Waals surface area contributed by atoms with Crippen LogP contribution < -0.4 is 0 Å². The molecule has 0 aromatic carbocycles. The SMILES string of the molecule is CCCCCCCCCCCCCCCCC[14CH2]OCC(=O)COP(=O)(O)O. The molecule has 0 radical (unpaired) electrons. The zero-order chi connectivity index (χ0) is 20.9. The van der Waals surface area contributed by atoms with E-state index in [2.05, 4.69) is 11.4 Å². The molecule has 0 saturated heterocycles. The van der Waals surface area contributed by atoms with E-state index in [1.165, 1.54) is 89.9 Å². The van der Waals surface area contributed by atoms with Gasteiger partial charge >= 0.3 is 7.82 Å². The summed E-state index contributed by atoms with van der Waals surface area (Å²) in [4.78, 5) is 28.2. The van der Waals surface area contributed by atoms with Gasteiger partial charge in [-0.15, -0.1) is 0 Å². The second kappa shape index (κ2) is 20.0. The Morgan fingerprint density at radius 2 is 1.18 bits per heavy atom. The molecule has 6 nitrogen and oxygen atoms in total. The number of Topliss-reactive ketones (excluding diaryl/α,β-unsaturated/α-hetero) is 1. The van der Waals surface area contributed by atoms with Crippen molar-refractivity contribution < 1.29 is 28.4 Å². The van der Waals surface area contributed by atoms with Crippen LogP contribution in [0.3, 0.4) is 0 Å². The van der Waals surface area contributed by atoms with Crippen LogP contribution in [0.2, 0.25) is 0 Å². The fraction of sp³-hybridized carbons (Fsp3) is 0.952. The molecule has 2 N–H and O–H groups in total. The quantitative estimate of drug-likeness (QED) is 0.165. The van der Waals surface area contributed by atoms with Gasteiger partial charge in [0.05, 0.1) is 0 Å². The first kappa shape index (κ1) is 27.7. The van der Waals surface area contributed by atoms with Crippen LogP contribution in [0, 0.1) is 0 Å². The zero-order valence-electron chi connectivity index (χ0n) is 17.9. The molecule has 0 heterocycles. The highest BCUT2D eigenvalue weighted by Gasteiger charge is 2.16. The standard InChI is InChI=1S/C21H43O6P/c1-2-3-4-5-6-7-8-9-10-11-12-13-14-15-16-17-18-26-19-21(22)20-27-28(23,24)25/h2-20H2,1H3,(H2,23,24,25)/i18+2. The van der Waals surface area contributed by atoms with E-state index in [0.717, 1.165) is 12.8 Å². The van der Waals surface area contributed by atoms with Gasteiger partial charge < -0.3 is 14.5 Å². The number of rotatable bonds is 22. The Morgan fingerprint density at radius 1 is 0.750 bits per heavy atom. The Kier molecular flexibility index (Phi) is 19.8. The predicted molar refractivity (Wildman–Crippen MR) is 113 cm³/mol. The van der Waals surface area contributed by atoms with Gasteiger partial charge in [-0.2, -0.15) is 0 Å². The number of phosphoric acid groups is 1. The molecule has 0 rings (SSSR count). The van der Waals surface area contributed by atoms with Gasteiger partial charge in [0.15, 0.2) is 5.78 Å². The van der Waals surface area contributed by atoms with Crippen molar-refractivity contribution in [2.75, 3.05) is 19.8 Å². The third kappa shape index (κ3) is 23.8. The first-order chi connectivity index (χ1) is 13.5. The lowest BCUT2D eigenvalue weighted by atomic mass is 10.0. The topological polar surface area (TPSA) is 93.1 Å². The number of unbranched alkanes of at least 4 members (excludes halogenated alkanes) is 15. The molecule has 0 fully saturated rings. The van der Waals surface area contributed by atoms with Crippen molar-refractivity contribution in [3.05, 3.63) is 0 Å². The number of hydrogen-bond donors (Lipinski definition) is 2. The van der Waals surface area contributed by atoms with E-state index in [9.17, 15) is 9.36 Å². The molecule has 7 heteroatoms. The minimum atomic E-state index is -4.57. The molecular weight excluding hydrogens is 381 g/mol. The maximum Gasteiger partial charge on any atom is 0.470 e. The van der Waals surface area contributed by atoms with Gasteiger partial charge in [-0.25, -0.2) is 4.57 Å². The molecule has 0 aliphatic carbocycles. The highest BCUT2D eigenvalue weighted by atomic mass is 31.2. The number of phosphoric ester groups is 1.